The van der Waals surface area contributed by atoms with Crippen LogP contribution in [0.15, 0.2) is 24.3 Å². The van der Waals surface area contributed by atoms with Crippen molar-refractivity contribution in [3.05, 3.63) is 29.8 Å². The average molecular weight is 584 g/mol. The molecule has 0 aromatic heterocycles. The maximum atomic E-state index is 12.4. The van der Waals surface area contributed by atoms with Crippen molar-refractivity contribution in [2.24, 2.45) is 5.92 Å². The molecular formula is C32H58NO6P. The van der Waals surface area contributed by atoms with Gasteiger partial charge in [0.15, 0.2) is 0 Å². The van der Waals surface area contributed by atoms with Crippen LogP contribution in [0.1, 0.15) is 122 Å². The predicted octanol–water partition coefficient (Wildman–Crippen LogP) is 8.43. The molecule has 1 aromatic carbocycles. The maximum absolute atomic E-state index is 12.4. The van der Waals surface area contributed by atoms with Crippen LogP contribution >= 0.6 is 7.82 Å². The normalized spacial score (nSPS) is 13.7. The van der Waals surface area contributed by atoms with Gasteiger partial charge in [0.1, 0.15) is 11.5 Å². The first kappa shape index (κ1) is 36.8. The minimum absolute atomic E-state index is 0.0103. The Balaban J connectivity index is 2.43. The summed E-state index contributed by atoms with van der Waals surface area (Å²) in [7, 11) is -2.30. The molecule has 8 heteroatoms. The third-order valence-corrected chi connectivity index (χ3v) is 8.02. The Morgan fingerprint density at radius 1 is 0.875 bits per heavy atom. The number of phosphoric acid groups is 1. The fourth-order valence-electron chi connectivity index (χ4n) is 4.77. The fourth-order valence-corrected chi connectivity index (χ4v) is 5.60. The van der Waals surface area contributed by atoms with E-state index in [2.05, 4.69) is 12.2 Å². The number of nitrogens with one attached hydrogen (secondary N) is 1. The third-order valence-electron chi connectivity index (χ3n) is 7.03. The van der Waals surface area contributed by atoms with Gasteiger partial charge in [0.2, 0.25) is 0 Å². The number of ketones is 1. The summed E-state index contributed by atoms with van der Waals surface area (Å²) >= 11 is 0. The molecule has 0 spiro atoms. The van der Waals surface area contributed by atoms with E-state index in [4.69, 9.17) is 13.8 Å². The summed E-state index contributed by atoms with van der Waals surface area (Å²) in [5.41, 5.74) is 1.02. The van der Waals surface area contributed by atoms with Crippen LogP contribution in [0.2, 0.25) is 0 Å². The van der Waals surface area contributed by atoms with E-state index in [1.54, 1.807) is 0 Å². The lowest BCUT2D eigenvalue weighted by Gasteiger charge is -2.19. The molecule has 0 aliphatic carbocycles. The van der Waals surface area contributed by atoms with Gasteiger partial charge < -0.3 is 14.9 Å². The first-order valence-electron chi connectivity index (χ1n) is 15.9. The largest absolute Gasteiger partial charge is 0.494 e. The molecule has 0 bridgehead atoms. The average Bonchev–Trinajstić information content (AvgIpc) is 2.92. The van der Waals surface area contributed by atoms with Crippen LogP contribution in [0.3, 0.4) is 0 Å². The summed E-state index contributed by atoms with van der Waals surface area (Å²) in [6.07, 6.45) is 18.0. The summed E-state index contributed by atoms with van der Waals surface area (Å²) in [4.78, 5) is 22.5. The number of carbonyl (C=O) groups excluding carboxylic acids is 1. The molecule has 40 heavy (non-hydrogen) atoms. The van der Waals surface area contributed by atoms with Gasteiger partial charge in [-0.1, -0.05) is 90.2 Å². The van der Waals surface area contributed by atoms with E-state index in [0.717, 1.165) is 37.1 Å². The fraction of sp³-hybridized carbons (Fsp3) is 0.781. The Kier molecular flexibility index (Phi) is 22.4. The zero-order valence-corrected chi connectivity index (χ0v) is 26.6. The smallest absolute Gasteiger partial charge is 0.472 e. The Bertz CT molecular complexity index is 805. The highest BCUT2D eigenvalue weighted by Gasteiger charge is 2.24. The Morgan fingerprint density at radius 3 is 2.17 bits per heavy atom. The number of benzene rings is 1. The van der Waals surface area contributed by atoms with Crippen LogP contribution in [0.4, 0.5) is 0 Å². The number of carbonyl (C=O) groups is 1. The lowest BCUT2D eigenvalue weighted by atomic mass is 9.94. The third kappa shape index (κ3) is 20.6. The van der Waals surface area contributed by atoms with Crippen molar-refractivity contribution >= 4 is 13.6 Å². The molecule has 2 unspecified atom stereocenters. The van der Waals surface area contributed by atoms with Gasteiger partial charge in [-0.15, -0.1) is 0 Å². The van der Waals surface area contributed by atoms with Crippen molar-refractivity contribution in [3.8, 4) is 5.75 Å². The molecule has 0 heterocycles. The lowest BCUT2D eigenvalue weighted by molar-refractivity contribution is -0.120. The standard InChI is InChI=1S/C32H58NO6P/c1-4-6-7-8-9-10-11-12-13-14-16-23-37-32-21-18-20-29(27-32)25-30(26-31(34)19-5-2)28-39-40(35,36)38-24-17-15-22-33-3/h18,20-21,27,30,33H,4-17,19,22-26,28H2,1-3H3,(H,35,36). The van der Waals surface area contributed by atoms with Crippen LogP contribution < -0.4 is 10.1 Å². The second-order valence-electron chi connectivity index (χ2n) is 11.0. The van der Waals surface area contributed by atoms with Crippen molar-refractivity contribution in [3.63, 3.8) is 0 Å². The molecule has 2 atom stereocenters. The molecule has 0 amide bonds. The van der Waals surface area contributed by atoms with Crippen LogP contribution in [-0.4, -0.2) is 44.1 Å². The van der Waals surface area contributed by atoms with E-state index >= 15 is 0 Å². The van der Waals surface area contributed by atoms with Gasteiger partial charge in [-0.3, -0.25) is 13.8 Å². The lowest BCUT2D eigenvalue weighted by Crippen LogP contribution is -2.17. The van der Waals surface area contributed by atoms with Crippen LogP contribution in [0, 0.1) is 5.92 Å². The first-order chi connectivity index (χ1) is 19.4. The minimum Gasteiger partial charge on any atom is -0.494 e. The quantitative estimate of drug-likeness (QED) is 0.0755. The van der Waals surface area contributed by atoms with Crippen LogP contribution in [0.5, 0.6) is 5.75 Å². The molecule has 0 radical (unpaired) electrons. The van der Waals surface area contributed by atoms with Crippen molar-refractivity contribution in [2.75, 3.05) is 33.4 Å². The van der Waals surface area contributed by atoms with E-state index in [1.165, 1.54) is 64.2 Å². The molecule has 0 aliphatic rings. The molecule has 7 nitrogen and oxygen atoms in total. The number of hydrogen-bond acceptors (Lipinski definition) is 6. The van der Waals surface area contributed by atoms with Crippen molar-refractivity contribution in [1.29, 1.82) is 0 Å². The Morgan fingerprint density at radius 2 is 1.52 bits per heavy atom. The summed E-state index contributed by atoms with van der Waals surface area (Å²) in [5.74, 6) is 0.747. The van der Waals surface area contributed by atoms with Gasteiger partial charge in [0.25, 0.3) is 0 Å². The Hall–Kier alpha value is -1.24. The van der Waals surface area contributed by atoms with E-state index in [0.29, 0.717) is 32.3 Å². The zero-order valence-electron chi connectivity index (χ0n) is 25.7. The molecular weight excluding hydrogens is 525 g/mol. The second-order valence-corrected chi connectivity index (χ2v) is 12.5. The second kappa shape index (κ2) is 24.4. The summed E-state index contributed by atoms with van der Waals surface area (Å²) in [6, 6.07) is 7.93. The van der Waals surface area contributed by atoms with Gasteiger partial charge in [-0.2, -0.15) is 0 Å². The summed E-state index contributed by atoms with van der Waals surface area (Å²) < 4.78 is 28.8. The number of unbranched alkanes of at least 4 members (excludes halogenated alkanes) is 11. The summed E-state index contributed by atoms with van der Waals surface area (Å²) in [5, 5.41) is 3.03. The predicted molar refractivity (Wildman–Crippen MR) is 165 cm³/mol. The molecule has 1 rings (SSSR count). The maximum Gasteiger partial charge on any atom is 0.472 e. The molecule has 0 saturated heterocycles. The SMILES string of the molecule is CCCCCCCCCCCCCOc1cccc(CC(COP(=O)(O)OCCCCNC)CC(=O)CCC)c1. The van der Waals surface area contributed by atoms with Gasteiger partial charge in [-0.05, 0) is 69.3 Å². The first-order valence-corrected chi connectivity index (χ1v) is 17.4. The number of Topliss-reactive ketones (excluding diaryl/α,β-unsaturated/α-hetero) is 1. The van der Waals surface area contributed by atoms with Gasteiger partial charge in [-0.25, -0.2) is 4.57 Å². The molecule has 232 valence electrons. The summed E-state index contributed by atoms with van der Waals surface area (Å²) in [6.45, 7) is 5.90. The van der Waals surface area contributed by atoms with Crippen molar-refractivity contribution in [2.45, 2.75) is 123 Å². The zero-order chi connectivity index (χ0) is 29.3. The van der Waals surface area contributed by atoms with Crippen LogP contribution in [0.25, 0.3) is 0 Å². The highest BCUT2D eigenvalue weighted by Crippen LogP contribution is 2.44. The number of rotatable bonds is 28. The van der Waals surface area contributed by atoms with Gasteiger partial charge in [0.05, 0.1) is 19.8 Å². The molecule has 1 aromatic rings. The topological polar surface area (TPSA) is 94.1 Å². The molecule has 0 saturated carbocycles. The number of phosphoric ester groups is 1. The highest BCUT2D eigenvalue weighted by atomic mass is 31.2. The van der Waals surface area contributed by atoms with E-state index < -0.39 is 7.82 Å². The van der Waals surface area contributed by atoms with E-state index in [9.17, 15) is 14.3 Å². The monoisotopic (exact) mass is 583 g/mol. The molecule has 0 fully saturated rings. The van der Waals surface area contributed by atoms with Crippen LogP contribution in [-0.2, 0) is 24.8 Å². The van der Waals surface area contributed by atoms with Crippen molar-refractivity contribution in [1.82, 2.24) is 5.32 Å². The van der Waals surface area contributed by atoms with E-state index in [1.807, 2.05) is 38.2 Å². The van der Waals surface area contributed by atoms with Gasteiger partial charge >= 0.3 is 7.82 Å². The van der Waals surface area contributed by atoms with Gasteiger partial charge in [0, 0.05) is 12.8 Å². The molecule has 0 aliphatic heterocycles. The van der Waals surface area contributed by atoms with Crippen molar-refractivity contribution < 1.29 is 28.0 Å². The number of ether oxygens (including phenoxy) is 1. The minimum atomic E-state index is -4.16. The van der Waals surface area contributed by atoms with E-state index in [-0.39, 0.29) is 24.9 Å². The molecule has 2 N–H and O–H groups in total. The Labute approximate surface area is 244 Å². The number of hydrogen-bond donors (Lipinski definition) is 2. The highest BCUT2D eigenvalue weighted by molar-refractivity contribution is 7.47.